The van der Waals surface area contributed by atoms with Gasteiger partial charge in [0, 0.05) is 23.2 Å². The molecule has 0 saturated carbocycles. The lowest BCUT2D eigenvalue weighted by molar-refractivity contribution is -0.115. The van der Waals surface area contributed by atoms with Crippen molar-refractivity contribution < 1.29 is 14.3 Å². The second kappa shape index (κ2) is 8.23. The van der Waals surface area contributed by atoms with E-state index in [1.165, 1.54) is 11.8 Å². The smallest absolute Gasteiger partial charge is 0.237 e. The fraction of sp³-hybridized carbons (Fsp3) is 0.227. The summed E-state index contributed by atoms with van der Waals surface area (Å²) in [6, 6.07) is 15.2. The first-order valence-corrected chi connectivity index (χ1v) is 10.3. The number of ether oxygens (including phenoxy) is 2. The Balaban J connectivity index is 1.64. The van der Waals surface area contributed by atoms with Gasteiger partial charge in [0.1, 0.15) is 11.5 Å². The molecule has 0 bridgehead atoms. The van der Waals surface area contributed by atoms with Crippen molar-refractivity contribution in [1.29, 1.82) is 0 Å². The van der Waals surface area contributed by atoms with Gasteiger partial charge < -0.3 is 14.8 Å². The number of rotatable bonds is 6. The zero-order valence-electron chi connectivity index (χ0n) is 17.2. The summed E-state index contributed by atoms with van der Waals surface area (Å²) in [5.74, 6) is 1.31. The molecule has 1 unspecified atom stereocenters. The maximum absolute atomic E-state index is 12.7. The fourth-order valence-electron chi connectivity index (χ4n) is 3.26. The van der Waals surface area contributed by atoms with Crippen LogP contribution in [0.5, 0.6) is 11.5 Å². The molecule has 154 valence electrons. The summed E-state index contributed by atoms with van der Waals surface area (Å²) in [6.45, 7) is 3.89. The van der Waals surface area contributed by atoms with Gasteiger partial charge in [0.2, 0.25) is 5.91 Å². The molecule has 2 aromatic carbocycles. The van der Waals surface area contributed by atoms with Crippen LogP contribution in [0.1, 0.15) is 12.5 Å². The molecule has 8 heteroatoms. The molecule has 1 atom stereocenters. The standard InChI is InChI=1S/C22H22N4O3S/c1-13-10-20-24-25-22(26(20)19-12-17(29-4)8-9-18(13)19)30-14(2)21(27)23-15-6-5-7-16(11-15)28-3/h5-12,14H,1-4H3,(H,23,27). The summed E-state index contributed by atoms with van der Waals surface area (Å²) in [5.41, 5.74) is 3.46. The second-order valence-corrected chi connectivity index (χ2v) is 8.18. The van der Waals surface area contributed by atoms with E-state index in [0.29, 0.717) is 16.6 Å². The number of hydrogen-bond donors (Lipinski definition) is 1. The molecule has 30 heavy (non-hydrogen) atoms. The van der Waals surface area contributed by atoms with E-state index in [1.807, 2.05) is 60.7 Å². The Labute approximate surface area is 178 Å². The minimum absolute atomic E-state index is 0.126. The molecule has 1 amide bonds. The van der Waals surface area contributed by atoms with E-state index >= 15 is 0 Å². The molecule has 2 heterocycles. The van der Waals surface area contributed by atoms with Crippen molar-refractivity contribution in [3.8, 4) is 11.5 Å². The van der Waals surface area contributed by atoms with Crippen LogP contribution in [0, 0.1) is 6.92 Å². The van der Waals surface area contributed by atoms with Crippen LogP contribution >= 0.6 is 11.8 Å². The van der Waals surface area contributed by atoms with Gasteiger partial charge in [-0.2, -0.15) is 0 Å². The average molecular weight is 423 g/mol. The minimum atomic E-state index is -0.384. The summed E-state index contributed by atoms with van der Waals surface area (Å²) in [5, 5.41) is 12.9. The van der Waals surface area contributed by atoms with E-state index in [4.69, 9.17) is 9.47 Å². The largest absolute Gasteiger partial charge is 0.497 e. The first-order valence-electron chi connectivity index (χ1n) is 9.44. The molecular formula is C22H22N4O3S. The highest BCUT2D eigenvalue weighted by Gasteiger charge is 2.20. The summed E-state index contributed by atoms with van der Waals surface area (Å²) in [6.07, 6.45) is 0. The van der Waals surface area contributed by atoms with E-state index in [2.05, 4.69) is 15.5 Å². The van der Waals surface area contributed by atoms with Crippen LogP contribution in [-0.4, -0.2) is 40.0 Å². The van der Waals surface area contributed by atoms with E-state index in [1.54, 1.807) is 20.3 Å². The van der Waals surface area contributed by atoms with Crippen molar-refractivity contribution in [3.63, 3.8) is 0 Å². The highest BCUT2D eigenvalue weighted by atomic mass is 32.2. The third-order valence-corrected chi connectivity index (χ3v) is 5.91. The van der Waals surface area contributed by atoms with Crippen LogP contribution in [0.15, 0.2) is 53.7 Å². The van der Waals surface area contributed by atoms with Crippen molar-refractivity contribution in [1.82, 2.24) is 14.6 Å². The number of thioether (sulfide) groups is 1. The number of amides is 1. The van der Waals surface area contributed by atoms with Gasteiger partial charge in [-0.25, -0.2) is 0 Å². The number of carbonyl (C=O) groups excluding carboxylic acids is 1. The van der Waals surface area contributed by atoms with Crippen molar-refractivity contribution in [3.05, 3.63) is 54.1 Å². The number of hydrogen-bond acceptors (Lipinski definition) is 6. The Kier molecular flexibility index (Phi) is 5.50. The summed E-state index contributed by atoms with van der Waals surface area (Å²) in [4.78, 5) is 12.7. The van der Waals surface area contributed by atoms with Crippen LogP contribution in [0.4, 0.5) is 5.69 Å². The van der Waals surface area contributed by atoms with Crippen LogP contribution in [0.3, 0.4) is 0 Å². The number of carbonyl (C=O) groups is 1. The first-order chi connectivity index (χ1) is 14.5. The second-order valence-electron chi connectivity index (χ2n) is 6.87. The van der Waals surface area contributed by atoms with Gasteiger partial charge in [0.15, 0.2) is 10.8 Å². The molecule has 2 aromatic heterocycles. The van der Waals surface area contributed by atoms with Crippen LogP contribution in [0.2, 0.25) is 0 Å². The number of methoxy groups -OCH3 is 2. The monoisotopic (exact) mass is 422 g/mol. The molecule has 0 saturated heterocycles. The summed E-state index contributed by atoms with van der Waals surface area (Å²) >= 11 is 1.36. The normalized spacial score (nSPS) is 12.1. The first kappa shape index (κ1) is 20.0. The zero-order valence-corrected chi connectivity index (χ0v) is 18.0. The fourth-order valence-corrected chi connectivity index (χ4v) is 4.13. The van der Waals surface area contributed by atoms with Gasteiger partial charge in [-0.15, -0.1) is 10.2 Å². The van der Waals surface area contributed by atoms with Crippen LogP contribution in [0.25, 0.3) is 16.6 Å². The molecular weight excluding hydrogens is 400 g/mol. The van der Waals surface area contributed by atoms with Gasteiger partial charge in [-0.3, -0.25) is 9.20 Å². The van der Waals surface area contributed by atoms with Gasteiger partial charge in [-0.1, -0.05) is 17.8 Å². The van der Waals surface area contributed by atoms with Crippen molar-refractivity contribution in [2.45, 2.75) is 24.3 Å². The highest BCUT2D eigenvalue weighted by Crippen LogP contribution is 2.30. The number of benzene rings is 2. The molecule has 1 N–H and O–H groups in total. The van der Waals surface area contributed by atoms with Gasteiger partial charge >= 0.3 is 0 Å². The minimum Gasteiger partial charge on any atom is -0.497 e. The molecule has 0 radical (unpaired) electrons. The van der Waals surface area contributed by atoms with Crippen molar-refractivity contribution in [2.75, 3.05) is 19.5 Å². The van der Waals surface area contributed by atoms with Gasteiger partial charge in [-0.05, 0) is 49.7 Å². The maximum Gasteiger partial charge on any atom is 0.237 e. The third-order valence-electron chi connectivity index (χ3n) is 4.86. The lowest BCUT2D eigenvalue weighted by Crippen LogP contribution is -2.22. The lowest BCUT2D eigenvalue weighted by atomic mass is 10.1. The third kappa shape index (κ3) is 3.78. The van der Waals surface area contributed by atoms with E-state index < -0.39 is 0 Å². The number of pyridine rings is 1. The number of nitrogens with zero attached hydrogens (tertiary/aromatic N) is 3. The average Bonchev–Trinajstić information content (AvgIpc) is 3.15. The van der Waals surface area contributed by atoms with Crippen LogP contribution < -0.4 is 14.8 Å². The predicted molar refractivity (Wildman–Crippen MR) is 119 cm³/mol. The predicted octanol–water partition coefficient (Wildman–Crippen LogP) is 4.33. The Bertz CT molecular complexity index is 1240. The van der Waals surface area contributed by atoms with Crippen LogP contribution in [-0.2, 0) is 4.79 Å². The number of aromatic nitrogens is 3. The van der Waals surface area contributed by atoms with E-state index in [9.17, 15) is 4.79 Å². The topological polar surface area (TPSA) is 77.8 Å². The summed E-state index contributed by atoms with van der Waals surface area (Å²) in [7, 11) is 3.23. The van der Waals surface area contributed by atoms with E-state index in [-0.39, 0.29) is 11.2 Å². The Hall–Kier alpha value is -3.26. The molecule has 4 aromatic rings. The van der Waals surface area contributed by atoms with E-state index in [0.717, 1.165) is 27.9 Å². The molecule has 0 aliphatic rings. The van der Waals surface area contributed by atoms with Crippen molar-refractivity contribution >= 4 is 39.9 Å². The SMILES string of the molecule is COc1cccc(NC(=O)C(C)Sc2nnc3cc(C)c4ccc(OC)cc4n23)c1. The Morgan fingerprint density at radius 3 is 2.60 bits per heavy atom. The molecule has 0 spiro atoms. The number of anilines is 1. The number of aryl methyl sites for hydroxylation is 1. The molecule has 0 aliphatic heterocycles. The summed E-state index contributed by atoms with van der Waals surface area (Å²) < 4.78 is 12.6. The van der Waals surface area contributed by atoms with Gasteiger partial charge in [0.25, 0.3) is 0 Å². The lowest BCUT2D eigenvalue weighted by Gasteiger charge is -2.13. The molecule has 4 rings (SSSR count). The molecule has 0 aliphatic carbocycles. The molecule has 0 fully saturated rings. The maximum atomic E-state index is 12.7. The highest BCUT2D eigenvalue weighted by molar-refractivity contribution is 8.00. The number of fused-ring (bicyclic) bond motifs is 3. The van der Waals surface area contributed by atoms with Crippen molar-refractivity contribution in [2.24, 2.45) is 0 Å². The molecule has 7 nitrogen and oxygen atoms in total. The Morgan fingerprint density at radius 1 is 1.07 bits per heavy atom. The van der Waals surface area contributed by atoms with Gasteiger partial charge in [0.05, 0.1) is 25.0 Å². The zero-order chi connectivity index (χ0) is 21.3. The quantitative estimate of drug-likeness (QED) is 0.466. The number of nitrogens with one attached hydrogen (secondary N) is 1. The Morgan fingerprint density at radius 2 is 1.83 bits per heavy atom.